The van der Waals surface area contributed by atoms with E-state index in [2.05, 4.69) is 14.5 Å². The zero-order valence-electron chi connectivity index (χ0n) is 16.6. The highest BCUT2D eigenvalue weighted by Gasteiger charge is 2.54. The van der Waals surface area contributed by atoms with Crippen molar-refractivity contribution in [2.24, 2.45) is 10.7 Å². The number of aryl methyl sites for hydroxylation is 1. The van der Waals surface area contributed by atoms with Crippen molar-refractivity contribution in [3.63, 3.8) is 0 Å². The van der Waals surface area contributed by atoms with Gasteiger partial charge < -0.3 is 10.3 Å². The lowest BCUT2D eigenvalue weighted by atomic mass is 10.1. The number of carbonyl (C=O) groups is 3. The van der Waals surface area contributed by atoms with Crippen LogP contribution in [0.25, 0.3) is 0 Å². The summed E-state index contributed by atoms with van der Waals surface area (Å²) in [5.41, 5.74) is 7.12. The van der Waals surface area contributed by atoms with Gasteiger partial charge in [-0.05, 0) is 20.3 Å². The van der Waals surface area contributed by atoms with Crippen LogP contribution >= 0.6 is 0 Å². The van der Waals surface area contributed by atoms with E-state index in [9.17, 15) is 14.4 Å². The van der Waals surface area contributed by atoms with Gasteiger partial charge in [-0.2, -0.15) is 0 Å². The van der Waals surface area contributed by atoms with Crippen molar-refractivity contribution in [2.75, 3.05) is 13.6 Å². The fourth-order valence-corrected chi connectivity index (χ4v) is 3.90. The monoisotopic (exact) mass is 399 g/mol. The van der Waals surface area contributed by atoms with Gasteiger partial charge in [-0.15, -0.1) is 0 Å². The summed E-state index contributed by atoms with van der Waals surface area (Å²) in [5.74, 6) is -0.247. The van der Waals surface area contributed by atoms with E-state index >= 15 is 0 Å². The molecule has 11 heteroatoms. The minimum absolute atomic E-state index is 0.363. The standard InChI is InChI=1S/C18H22N8O3/c1-11-12(2)26-14-15(22(3)18(29)25(16(14)28)9-13(19)27)21-17(26)24(11)7-4-6-23-8-5-20-10-23/h5,8,10,14H,4,6-7,9H2,1-3H3,(H-,19,27)/p+1. The van der Waals surface area contributed by atoms with Crippen LogP contribution in [0.4, 0.5) is 10.7 Å². The van der Waals surface area contributed by atoms with Crippen molar-refractivity contribution >= 4 is 29.6 Å². The van der Waals surface area contributed by atoms with E-state index in [1.54, 1.807) is 19.6 Å². The smallest absolute Gasteiger partial charge is 0.368 e. The molecule has 1 unspecified atom stereocenters. The molecule has 1 atom stereocenters. The Bertz CT molecular complexity index is 1040. The number of amidine groups is 1. The highest BCUT2D eigenvalue weighted by atomic mass is 16.2. The Morgan fingerprint density at radius 1 is 1.31 bits per heavy atom. The molecule has 2 N–H and O–H groups in total. The maximum atomic E-state index is 13.1. The Kier molecular flexibility index (Phi) is 4.44. The molecule has 4 rings (SSSR count). The third-order valence-electron chi connectivity index (χ3n) is 5.50. The van der Waals surface area contributed by atoms with Crippen LogP contribution in [0.1, 0.15) is 23.9 Å². The number of carbonyl (C=O) groups excluding carboxylic acids is 3. The molecule has 0 radical (unpaired) electrons. The third kappa shape index (κ3) is 2.89. The van der Waals surface area contributed by atoms with Crippen molar-refractivity contribution in [1.82, 2.24) is 23.9 Å². The summed E-state index contributed by atoms with van der Waals surface area (Å²) in [5, 5.41) is 0. The average Bonchev–Trinajstić information content (AvgIpc) is 3.37. The van der Waals surface area contributed by atoms with Crippen LogP contribution in [0.5, 0.6) is 0 Å². The topological polar surface area (TPSA) is 123 Å². The molecule has 2 aromatic rings. The number of likely N-dealkylation sites (N-methyl/N-ethyl adjacent to an activating group) is 1. The second kappa shape index (κ2) is 6.83. The first kappa shape index (κ1) is 18.8. The molecule has 0 spiro atoms. The quantitative estimate of drug-likeness (QED) is 0.667. The highest BCUT2D eigenvalue weighted by Crippen LogP contribution is 2.35. The van der Waals surface area contributed by atoms with Crippen LogP contribution in [0.3, 0.4) is 0 Å². The Morgan fingerprint density at radius 2 is 2.07 bits per heavy atom. The number of primary amides is 1. The summed E-state index contributed by atoms with van der Waals surface area (Å²) in [4.78, 5) is 47.8. The molecule has 0 aromatic carbocycles. The molecule has 29 heavy (non-hydrogen) atoms. The van der Waals surface area contributed by atoms with Crippen molar-refractivity contribution in [3.8, 4) is 0 Å². The zero-order valence-corrected chi connectivity index (χ0v) is 16.6. The van der Waals surface area contributed by atoms with Gasteiger partial charge in [0.2, 0.25) is 17.8 Å². The normalized spacial score (nSPS) is 18.2. The van der Waals surface area contributed by atoms with Crippen LogP contribution in [0.2, 0.25) is 0 Å². The molecule has 2 aliphatic heterocycles. The molecule has 1 fully saturated rings. The van der Waals surface area contributed by atoms with Gasteiger partial charge in [-0.3, -0.25) is 19.4 Å². The number of amides is 4. The molecule has 0 saturated carbocycles. The predicted molar refractivity (Wildman–Crippen MR) is 101 cm³/mol. The summed E-state index contributed by atoms with van der Waals surface area (Å²) < 4.78 is 5.89. The molecule has 2 aliphatic rings. The van der Waals surface area contributed by atoms with E-state index in [1.807, 2.05) is 29.2 Å². The summed E-state index contributed by atoms with van der Waals surface area (Å²) in [6.45, 7) is 4.96. The molecule has 4 heterocycles. The lowest BCUT2D eigenvalue weighted by Crippen LogP contribution is -2.59. The molecule has 1 saturated heterocycles. The second-order valence-corrected chi connectivity index (χ2v) is 7.25. The number of urea groups is 1. The van der Waals surface area contributed by atoms with E-state index in [4.69, 9.17) is 5.73 Å². The SMILES string of the molecule is Cc1c(C)[n+](CCCn2ccnc2)c2n1C1C(=O)N(CC(N)=O)C(=O)N(C)C1=N2. The van der Waals surface area contributed by atoms with E-state index in [1.165, 1.54) is 4.90 Å². The first-order valence-corrected chi connectivity index (χ1v) is 9.34. The molecule has 0 aliphatic carbocycles. The molecule has 11 nitrogen and oxygen atoms in total. The number of aliphatic imine (C=N–C) groups is 1. The predicted octanol–water partition coefficient (Wildman–Crippen LogP) is -0.357. The molecular weight excluding hydrogens is 376 g/mol. The summed E-state index contributed by atoms with van der Waals surface area (Å²) >= 11 is 0. The van der Waals surface area contributed by atoms with Gasteiger partial charge in [0, 0.05) is 26.0 Å². The van der Waals surface area contributed by atoms with Gasteiger partial charge in [0.25, 0.3) is 5.91 Å². The van der Waals surface area contributed by atoms with Crippen molar-refractivity contribution < 1.29 is 19.0 Å². The highest BCUT2D eigenvalue weighted by molar-refractivity contribution is 6.21. The molecule has 4 amide bonds. The number of rotatable bonds is 6. The van der Waals surface area contributed by atoms with Crippen molar-refractivity contribution in [2.45, 2.75) is 39.4 Å². The first-order valence-electron chi connectivity index (χ1n) is 9.34. The molecule has 2 aromatic heterocycles. The summed E-state index contributed by atoms with van der Waals surface area (Å²) in [7, 11) is 1.55. The molecule has 152 valence electrons. The van der Waals surface area contributed by atoms with Gasteiger partial charge in [0.15, 0.2) is 0 Å². The Labute approximate surface area is 167 Å². The zero-order chi connectivity index (χ0) is 20.9. The van der Waals surface area contributed by atoms with Crippen LogP contribution in [0.15, 0.2) is 23.7 Å². The molecule has 0 bridgehead atoms. The number of fused-ring (bicyclic) bond motifs is 3. The minimum Gasteiger partial charge on any atom is -0.368 e. The first-order chi connectivity index (χ1) is 13.8. The van der Waals surface area contributed by atoms with Crippen molar-refractivity contribution in [1.29, 1.82) is 0 Å². The fraction of sp³-hybridized carbons (Fsp3) is 0.444. The Hall–Kier alpha value is -3.50. The van der Waals surface area contributed by atoms with Crippen LogP contribution < -0.4 is 10.3 Å². The van der Waals surface area contributed by atoms with Crippen molar-refractivity contribution in [3.05, 3.63) is 30.1 Å². The maximum Gasteiger partial charge on any atom is 0.402 e. The number of aromatic nitrogens is 4. The molecular formula is C18H23N8O3+. The van der Waals surface area contributed by atoms with Crippen LogP contribution in [-0.2, 0) is 22.7 Å². The number of imidazole rings is 2. The number of nitrogens with zero attached hydrogens (tertiary/aromatic N) is 7. The van der Waals surface area contributed by atoms with E-state index < -0.39 is 30.4 Å². The number of hydrogen-bond acceptors (Lipinski definition) is 5. The van der Waals surface area contributed by atoms with Crippen LogP contribution in [0, 0.1) is 13.8 Å². The largest absolute Gasteiger partial charge is 0.402 e. The lowest BCUT2D eigenvalue weighted by Gasteiger charge is -2.32. The second-order valence-electron chi connectivity index (χ2n) is 7.25. The maximum absolute atomic E-state index is 13.1. The van der Waals surface area contributed by atoms with Gasteiger partial charge in [0.1, 0.15) is 17.9 Å². The van der Waals surface area contributed by atoms with Gasteiger partial charge in [0.05, 0.1) is 12.9 Å². The third-order valence-corrected chi connectivity index (χ3v) is 5.50. The van der Waals surface area contributed by atoms with E-state index in [0.717, 1.165) is 29.3 Å². The Balaban J connectivity index is 1.67. The van der Waals surface area contributed by atoms with Crippen LogP contribution in [-0.4, -0.2) is 61.2 Å². The number of nitrogens with two attached hydrogens (primary N) is 1. The van der Waals surface area contributed by atoms with E-state index in [-0.39, 0.29) is 0 Å². The minimum atomic E-state index is -0.777. The number of imide groups is 1. The Morgan fingerprint density at radius 3 is 2.72 bits per heavy atom. The van der Waals surface area contributed by atoms with Gasteiger partial charge in [-0.25, -0.2) is 18.9 Å². The lowest BCUT2D eigenvalue weighted by molar-refractivity contribution is -0.689. The van der Waals surface area contributed by atoms with E-state index in [0.29, 0.717) is 18.3 Å². The fourth-order valence-electron chi connectivity index (χ4n) is 3.90. The van der Waals surface area contributed by atoms with Gasteiger partial charge >= 0.3 is 12.0 Å². The average molecular weight is 399 g/mol. The summed E-state index contributed by atoms with van der Waals surface area (Å²) in [6.07, 6.45) is 6.28. The number of hydrogen-bond donors (Lipinski definition) is 1. The summed E-state index contributed by atoms with van der Waals surface area (Å²) in [6, 6.07) is -1.38. The van der Waals surface area contributed by atoms with Gasteiger partial charge in [-0.1, -0.05) is 4.99 Å².